The van der Waals surface area contributed by atoms with Crippen molar-refractivity contribution < 1.29 is 18.3 Å². The van der Waals surface area contributed by atoms with Crippen LogP contribution in [0.15, 0.2) is 12.3 Å². The van der Waals surface area contributed by atoms with Crippen LogP contribution in [0.1, 0.15) is 12.0 Å². The zero-order valence-corrected chi connectivity index (χ0v) is 15.2. The van der Waals surface area contributed by atoms with Crippen LogP contribution in [0, 0.1) is 0 Å². The number of hydrogen-bond donors (Lipinski definition) is 1. The van der Waals surface area contributed by atoms with E-state index in [0.717, 1.165) is 0 Å². The first kappa shape index (κ1) is 18.7. The third kappa shape index (κ3) is 3.80. The van der Waals surface area contributed by atoms with E-state index in [4.69, 9.17) is 15.2 Å². The van der Waals surface area contributed by atoms with Gasteiger partial charge in [-0.15, -0.1) is 0 Å². The second-order valence-electron chi connectivity index (χ2n) is 6.42. The number of anilines is 3. The van der Waals surface area contributed by atoms with Crippen LogP contribution >= 0.6 is 0 Å². The standard InChI is InChI=1S/C17H21F2N7O2/c18-13(19)11-1-2-21-14(20)12(11)15-22-16(25-3-7-27-8-4-25)24-17(23-15)26-5-9-28-10-6-26/h1-2,13H,3-10H2,(H2,20,21). The number of nitrogen functional groups attached to an aromatic ring is 1. The summed E-state index contributed by atoms with van der Waals surface area (Å²) in [5, 5.41) is 0. The van der Waals surface area contributed by atoms with Crippen LogP contribution in [-0.2, 0) is 9.47 Å². The first-order chi connectivity index (χ1) is 13.6. The van der Waals surface area contributed by atoms with Gasteiger partial charge in [-0.2, -0.15) is 15.0 Å². The fourth-order valence-electron chi connectivity index (χ4n) is 3.19. The number of hydrogen-bond acceptors (Lipinski definition) is 9. The summed E-state index contributed by atoms with van der Waals surface area (Å²) >= 11 is 0. The van der Waals surface area contributed by atoms with Gasteiger partial charge in [0.05, 0.1) is 32.0 Å². The van der Waals surface area contributed by atoms with E-state index in [1.165, 1.54) is 12.3 Å². The molecule has 0 spiro atoms. The van der Waals surface area contributed by atoms with Crippen molar-refractivity contribution in [3.05, 3.63) is 17.8 Å². The van der Waals surface area contributed by atoms with Gasteiger partial charge in [0.15, 0.2) is 5.82 Å². The van der Waals surface area contributed by atoms with Gasteiger partial charge in [0.2, 0.25) is 11.9 Å². The Bertz CT molecular complexity index is 791. The second-order valence-corrected chi connectivity index (χ2v) is 6.42. The largest absolute Gasteiger partial charge is 0.383 e. The highest BCUT2D eigenvalue weighted by molar-refractivity contribution is 5.73. The molecule has 2 aromatic heterocycles. The van der Waals surface area contributed by atoms with E-state index in [0.29, 0.717) is 64.5 Å². The Morgan fingerprint density at radius 1 is 0.893 bits per heavy atom. The molecule has 0 saturated carbocycles. The van der Waals surface area contributed by atoms with E-state index in [1.54, 1.807) is 0 Å². The van der Waals surface area contributed by atoms with E-state index in [-0.39, 0.29) is 22.8 Å². The number of nitrogens with two attached hydrogens (primary N) is 1. The van der Waals surface area contributed by atoms with Crippen molar-refractivity contribution in [1.82, 2.24) is 19.9 Å². The molecule has 28 heavy (non-hydrogen) atoms. The molecular weight excluding hydrogens is 372 g/mol. The number of aromatic nitrogens is 4. The summed E-state index contributed by atoms with van der Waals surface area (Å²) in [5.74, 6) is 0.889. The molecule has 2 N–H and O–H groups in total. The maximum atomic E-state index is 13.6. The molecule has 2 aliphatic rings. The number of pyridine rings is 1. The molecule has 0 bridgehead atoms. The Hall–Kier alpha value is -2.66. The van der Waals surface area contributed by atoms with Gasteiger partial charge in [0.1, 0.15) is 5.82 Å². The fourth-order valence-corrected chi connectivity index (χ4v) is 3.19. The molecule has 9 nitrogen and oxygen atoms in total. The lowest BCUT2D eigenvalue weighted by atomic mass is 10.1. The highest BCUT2D eigenvalue weighted by Gasteiger charge is 2.25. The normalized spacial score (nSPS) is 18.0. The first-order valence-corrected chi connectivity index (χ1v) is 9.08. The number of ether oxygens (including phenoxy) is 2. The third-order valence-corrected chi connectivity index (χ3v) is 4.67. The lowest BCUT2D eigenvalue weighted by molar-refractivity contribution is 0.121. The van der Waals surface area contributed by atoms with Gasteiger partial charge in [-0.3, -0.25) is 0 Å². The van der Waals surface area contributed by atoms with E-state index in [9.17, 15) is 8.78 Å². The lowest BCUT2D eigenvalue weighted by Gasteiger charge is -2.30. The van der Waals surface area contributed by atoms with Crippen LogP contribution in [0.4, 0.5) is 26.5 Å². The predicted octanol–water partition coefficient (Wildman–Crippen LogP) is 1.13. The lowest BCUT2D eigenvalue weighted by Crippen LogP contribution is -2.40. The van der Waals surface area contributed by atoms with Crippen molar-refractivity contribution in [2.75, 3.05) is 68.1 Å². The van der Waals surface area contributed by atoms with Gasteiger partial charge >= 0.3 is 0 Å². The molecule has 0 aromatic carbocycles. The monoisotopic (exact) mass is 393 g/mol. The maximum Gasteiger partial charge on any atom is 0.264 e. The maximum absolute atomic E-state index is 13.6. The highest BCUT2D eigenvalue weighted by Crippen LogP contribution is 2.34. The molecule has 2 saturated heterocycles. The summed E-state index contributed by atoms with van der Waals surface area (Å²) in [6.45, 7) is 4.62. The minimum Gasteiger partial charge on any atom is -0.383 e. The van der Waals surface area contributed by atoms with E-state index in [2.05, 4.69) is 19.9 Å². The van der Waals surface area contributed by atoms with Gasteiger partial charge in [-0.1, -0.05) is 0 Å². The van der Waals surface area contributed by atoms with Crippen LogP contribution in [0.2, 0.25) is 0 Å². The average Bonchev–Trinajstić information content (AvgIpc) is 2.74. The Morgan fingerprint density at radius 3 is 1.93 bits per heavy atom. The number of morpholine rings is 2. The van der Waals surface area contributed by atoms with Crippen molar-refractivity contribution in [3.63, 3.8) is 0 Å². The fraction of sp³-hybridized carbons (Fsp3) is 0.529. The average molecular weight is 393 g/mol. The Balaban J connectivity index is 1.82. The van der Waals surface area contributed by atoms with Crippen LogP contribution in [0.3, 0.4) is 0 Å². The highest BCUT2D eigenvalue weighted by atomic mass is 19.3. The number of halogens is 2. The molecule has 0 radical (unpaired) electrons. The summed E-state index contributed by atoms with van der Waals surface area (Å²) in [6, 6.07) is 1.24. The quantitative estimate of drug-likeness (QED) is 0.819. The van der Waals surface area contributed by atoms with Gasteiger partial charge in [-0.05, 0) is 6.07 Å². The second kappa shape index (κ2) is 8.15. The summed E-state index contributed by atoms with van der Waals surface area (Å²) in [7, 11) is 0. The van der Waals surface area contributed by atoms with Gasteiger partial charge in [0, 0.05) is 37.9 Å². The van der Waals surface area contributed by atoms with Crippen LogP contribution < -0.4 is 15.5 Å². The van der Waals surface area contributed by atoms with Crippen LogP contribution in [-0.4, -0.2) is 72.5 Å². The van der Waals surface area contributed by atoms with Crippen LogP contribution in [0.25, 0.3) is 11.4 Å². The Kier molecular flexibility index (Phi) is 5.44. The third-order valence-electron chi connectivity index (χ3n) is 4.67. The van der Waals surface area contributed by atoms with Crippen LogP contribution in [0.5, 0.6) is 0 Å². The summed E-state index contributed by atoms with van der Waals surface area (Å²) in [5.41, 5.74) is 5.73. The molecule has 0 aliphatic carbocycles. The van der Waals surface area contributed by atoms with E-state index in [1.807, 2.05) is 9.80 Å². The molecule has 2 fully saturated rings. The summed E-state index contributed by atoms with van der Waals surface area (Å²) in [6.07, 6.45) is -1.47. The minimum atomic E-state index is -2.73. The molecular formula is C17H21F2N7O2. The molecule has 2 aliphatic heterocycles. The Morgan fingerprint density at radius 2 is 1.43 bits per heavy atom. The van der Waals surface area contributed by atoms with Crippen molar-refractivity contribution in [1.29, 1.82) is 0 Å². The van der Waals surface area contributed by atoms with Crippen molar-refractivity contribution in [3.8, 4) is 11.4 Å². The zero-order valence-electron chi connectivity index (χ0n) is 15.2. The SMILES string of the molecule is Nc1nccc(C(F)F)c1-c1nc(N2CCOCC2)nc(N2CCOCC2)n1. The van der Waals surface area contributed by atoms with Gasteiger partial charge < -0.3 is 25.0 Å². The van der Waals surface area contributed by atoms with Crippen molar-refractivity contribution in [2.24, 2.45) is 0 Å². The summed E-state index contributed by atoms with van der Waals surface area (Å²) < 4.78 is 38.0. The predicted molar refractivity (Wildman–Crippen MR) is 98.5 cm³/mol. The molecule has 150 valence electrons. The zero-order chi connectivity index (χ0) is 19.5. The van der Waals surface area contributed by atoms with E-state index < -0.39 is 6.43 Å². The first-order valence-electron chi connectivity index (χ1n) is 9.08. The molecule has 0 unspecified atom stereocenters. The topological polar surface area (TPSA) is 103 Å². The number of rotatable bonds is 4. The summed E-state index contributed by atoms with van der Waals surface area (Å²) in [4.78, 5) is 21.4. The van der Waals surface area contributed by atoms with Crippen molar-refractivity contribution >= 4 is 17.7 Å². The van der Waals surface area contributed by atoms with Crippen molar-refractivity contribution in [2.45, 2.75) is 6.43 Å². The van der Waals surface area contributed by atoms with Gasteiger partial charge in [0.25, 0.3) is 6.43 Å². The molecule has 0 amide bonds. The number of nitrogens with zero attached hydrogens (tertiary/aromatic N) is 6. The molecule has 4 heterocycles. The molecule has 11 heteroatoms. The van der Waals surface area contributed by atoms with E-state index >= 15 is 0 Å². The molecule has 2 aromatic rings. The minimum absolute atomic E-state index is 0.0372. The van der Waals surface area contributed by atoms with Gasteiger partial charge in [-0.25, -0.2) is 13.8 Å². The number of alkyl halides is 2. The molecule has 0 atom stereocenters. The molecule has 4 rings (SSSR count). The smallest absolute Gasteiger partial charge is 0.264 e. The Labute approximate surface area is 160 Å².